The first kappa shape index (κ1) is 15.2. The van der Waals surface area contributed by atoms with Gasteiger partial charge in [-0.1, -0.05) is 18.3 Å². The molecular weight excluding hydrogens is 253 g/mol. The van der Waals surface area contributed by atoms with Gasteiger partial charge in [0.25, 0.3) is 0 Å². The molecule has 0 aromatic carbocycles. The Bertz CT molecular complexity index is 248. The van der Waals surface area contributed by atoms with Crippen LogP contribution in [-0.2, 0) is 25.7 Å². The van der Waals surface area contributed by atoms with E-state index in [1.165, 1.54) is 18.5 Å². The number of rotatable bonds is 7. The van der Waals surface area contributed by atoms with Crippen molar-refractivity contribution in [2.45, 2.75) is 27.2 Å². The Balaban J connectivity index is 4.30. The summed E-state index contributed by atoms with van der Waals surface area (Å²) in [6.45, 7) is 6.22. The number of nitrogens with zero attached hydrogens (tertiary/aromatic N) is 1. The Morgan fingerprint density at radius 1 is 1.47 bits per heavy atom. The monoisotopic (exact) mass is 271 g/mol. The van der Waals surface area contributed by atoms with Crippen LogP contribution in [0.5, 0.6) is 0 Å². The van der Waals surface area contributed by atoms with Gasteiger partial charge in [0.1, 0.15) is 0 Å². The molecule has 7 heteroatoms. The molecule has 90 valence electrons. The Hall–Kier alpha value is 0.230. The SMILES string of the molecule is CCCSP(=S)(OCC)ON=C(C)OC. The zero-order valence-corrected chi connectivity index (χ0v) is 12.1. The minimum absolute atomic E-state index is 0.445. The Morgan fingerprint density at radius 2 is 2.13 bits per heavy atom. The van der Waals surface area contributed by atoms with Gasteiger partial charge in [0.15, 0.2) is 0 Å². The minimum atomic E-state index is -2.32. The second-order valence-corrected chi connectivity index (χ2v) is 8.93. The fraction of sp³-hybridized carbons (Fsp3) is 0.875. The Kier molecular flexibility index (Phi) is 8.52. The molecule has 15 heavy (non-hydrogen) atoms. The number of ether oxygens (including phenoxy) is 1. The lowest BCUT2D eigenvalue weighted by Gasteiger charge is -2.17. The van der Waals surface area contributed by atoms with Crippen molar-refractivity contribution < 1.29 is 13.9 Å². The van der Waals surface area contributed by atoms with E-state index in [1.54, 1.807) is 6.92 Å². The van der Waals surface area contributed by atoms with E-state index in [9.17, 15) is 0 Å². The molecule has 0 saturated carbocycles. The molecule has 0 aliphatic heterocycles. The molecule has 0 aromatic rings. The summed E-state index contributed by atoms with van der Waals surface area (Å²) in [6.07, 6.45) is 1.03. The molecular formula is C8H18NO3PS2. The van der Waals surface area contributed by atoms with Crippen LogP contribution in [0, 0.1) is 0 Å². The summed E-state index contributed by atoms with van der Waals surface area (Å²) < 4.78 is 15.5. The van der Waals surface area contributed by atoms with E-state index < -0.39 is 5.69 Å². The van der Waals surface area contributed by atoms with Crippen LogP contribution in [0.3, 0.4) is 0 Å². The van der Waals surface area contributed by atoms with Crippen LogP contribution in [0.1, 0.15) is 27.2 Å². The topological polar surface area (TPSA) is 40.0 Å². The van der Waals surface area contributed by atoms with E-state index in [4.69, 9.17) is 25.7 Å². The van der Waals surface area contributed by atoms with Crippen LogP contribution in [0.25, 0.3) is 0 Å². The normalized spacial score (nSPS) is 15.9. The first-order valence-electron chi connectivity index (χ1n) is 4.74. The van der Waals surface area contributed by atoms with Crippen molar-refractivity contribution in [3.63, 3.8) is 0 Å². The molecule has 0 bridgehead atoms. The maximum absolute atomic E-state index is 5.43. The van der Waals surface area contributed by atoms with Gasteiger partial charge in [0.2, 0.25) is 5.90 Å². The highest BCUT2D eigenvalue weighted by Crippen LogP contribution is 2.61. The van der Waals surface area contributed by atoms with Crippen molar-refractivity contribution in [1.82, 2.24) is 0 Å². The standard InChI is InChI=1S/C8H18NO3PS2/c1-5-7-15-13(14,11-6-2)12-9-8(3)10-4/h5-7H2,1-4H3. The van der Waals surface area contributed by atoms with Crippen molar-refractivity contribution in [2.24, 2.45) is 5.16 Å². The summed E-state index contributed by atoms with van der Waals surface area (Å²) in [7, 11) is 1.53. The van der Waals surface area contributed by atoms with Gasteiger partial charge >= 0.3 is 5.69 Å². The molecule has 0 spiro atoms. The second-order valence-electron chi connectivity index (χ2n) is 2.59. The summed E-state index contributed by atoms with van der Waals surface area (Å²) in [5, 5.41) is 3.78. The first-order chi connectivity index (χ1) is 7.08. The molecule has 0 aromatic heterocycles. The lowest BCUT2D eigenvalue weighted by atomic mass is 10.6. The van der Waals surface area contributed by atoms with E-state index in [1.807, 2.05) is 6.92 Å². The number of hydrogen-bond acceptors (Lipinski definition) is 6. The summed E-state index contributed by atoms with van der Waals surface area (Å²) in [6, 6.07) is 0. The molecule has 0 amide bonds. The van der Waals surface area contributed by atoms with E-state index >= 15 is 0 Å². The molecule has 0 radical (unpaired) electrons. The lowest BCUT2D eigenvalue weighted by molar-refractivity contribution is 0.266. The molecule has 0 aliphatic rings. The van der Waals surface area contributed by atoms with Crippen molar-refractivity contribution >= 4 is 34.8 Å². The van der Waals surface area contributed by atoms with Crippen molar-refractivity contribution in [2.75, 3.05) is 19.5 Å². The molecule has 0 N–H and O–H groups in total. The largest absolute Gasteiger partial charge is 0.482 e. The summed E-state index contributed by atoms with van der Waals surface area (Å²) in [5.74, 6) is 1.36. The van der Waals surface area contributed by atoms with E-state index in [0.717, 1.165) is 12.2 Å². The third-order valence-corrected chi connectivity index (χ3v) is 6.55. The summed E-state index contributed by atoms with van der Waals surface area (Å²) in [4.78, 5) is 0. The molecule has 4 nitrogen and oxygen atoms in total. The maximum atomic E-state index is 5.43. The summed E-state index contributed by atoms with van der Waals surface area (Å²) in [5.41, 5.74) is -2.32. The van der Waals surface area contributed by atoms with Crippen LogP contribution in [0.2, 0.25) is 0 Å². The van der Waals surface area contributed by atoms with Gasteiger partial charge in [0.05, 0.1) is 13.7 Å². The fourth-order valence-corrected chi connectivity index (χ4v) is 4.78. The van der Waals surface area contributed by atoms with Crippen LogP contribution in [0.15, 0.2) is 5.16 Å². The highest BCUT2D eigenvalue weighted by Gasteiger charge is 2.20. The highest BCUT2D eigenvalue weighted by molar-refractivity contribution is 8.67. The molecule has 0 saturated heterocycles. The Labute approximate surface area is 101 Å². The third-order valence-electron chi connectivity index (χ3n) is 1.31. The van der Waals surface area contributed by atoms with Crippen LogP contribution in [0.4, 0.5) is 0 Å². The molecule has 0 fully saturated rings. The predicted molar refractivity (Wildman–Crippen MR) is 69.9 cm³/mol. The van der Waals surface area contributed by atoms with E-state index in [0.29, 0.717) is 12.5 Å². The Morgan fingerprint density at radius 3 is 2.60 bits per heavy atom. The maximum Gasteiger partial charge on any atom is 0.322 e. The van der Waals surface area contributed by atoms with Crippen molar-refractivity contribution in [3.8, 4) is 0 Å². The van der Waals surface area contributed by atoms with Crippen molar-refractivity contribution in [3.05, 3.63) is 0 Å². The van der Waals surface area contributed by atoms with Gasteiger partial charge in [0, 0.05) is 12.7 Å². The van der Waals surface area contributed by atoms with Gasteiger partial charge in [-0.3, -0.25) is 0 Å². The molecule has 0 heterocycles. The highest BCUT2D eigenvalue weighted by atomic mass is 32.9. The first-order valence-corrected chi connectivity index (χ1v) is 8.97. The van der Waals surface area contributed by atoms with Crippen LogP contribution >= 0.6 is 17.1 Å². The van der Waals surface area contributed by atoms with Crippen LogP contribution in [-0.4, -0.2) is 25.4 Å². The third kappa shape index (κ3) is 7.17. The predicted octanol–water partition coefficient (Wildman–Crippen LogP) is 3.39. The van der Waals surface area contributed by atoms with Gasteiger partial charge in [-0.15, -0.1) is 0 Å². The molecule has 0 rings (SSSR count). The number of methoxy groups -OCH3 is 1. The van der Waals surface area contributed by atoms with Gasteiger partial charge in [-0.05, 0) is 30.3 Å². The second kappa shape index (κ2) is 8.39. The van der Waals surface area contributed by atoms with Crippen LogP contribution < -0.4 is 0 Å². The zero-order valence-electron chi connectivity index (χ0n) is 9.56. The smallest absolute Gasteiger partial charge is 0.322 e. The lowest BCUT2D eigenvalue weighted by Crippen LogP contribution is -1.96. The fourth-order valence-electron chi connectivity index (χ4n) is 0.590. The molecule has 1 atom stereocenters. The van der Waals surface area contributed by atoms with Gasteiger partial charge in [-0.2, -0.15) is 0 Å². The van der Waals surface area contributed by atoms with E-state index in [-0.39, 0.29) is 0 Å². The minimum Gasteiger partial charge on any atom is -0.482 e. The molecule has 1 unspecified atom stereocenters. The average molecular weight is 271 g/mol. The molecule has 0 aliphatic carbocycles. The van der Waals surface area contributed by atoms with Gasteiger partial charge < -0.3 is 13.9 Å². The van der Waals surface area contributed by atoms with Gasteiger partial charge in [-0.25, -0.2) is 0 Å². The van der Waals surface area contributed by atoms with E-state index in [2.05, 4.69) is 12.1 Å². The quantitative estimate of drug-likeness (QED) is 0.307. The number of oxime groups is 1. The van der Waals surface area contributed by atoms with Crippen molar-refractivity contribution in [1.29, 1.82) is 0 Å². The number of hydrogen-bond donors (Lipinski definition) is 0. The summed E-state index contributed by atoms with van der Waals surface area (Å²) >= 11 is 6.82. The average Bonchev–Trinajstić information content (AvgIpc) is 2.24. The zero-order chi connectivity index (χ0) is 11.7.